The minimum Gasteiger partial charge on any atom is -0.384 e. The predicted molar refractivity (Wildman–Crippen MR) is 127 cm³/mol. The number of fused-ring (bicyclic) bond motifs is 1. The van der Waals surface area contributed by atoms with Crippen LogP contribution in [0.25, 0.3) is 10.9 Å². The third-order valence-electron chi connectivity index (χ3n) is 5.19. The van der Waals surface area contributed by atoms with Gasteiger partial charge in [-0.2, -0.15) is 0 Å². The largest absolute Gasteiger partial charge is 0.384 e. The molecule has 6 nitrogen and oxygen atoms in total. The quantitative estimate of drug-likeness (QED) is 0.330. The van der Waals surface area contributed by atoms with E-state index in [1.807, 2.05) is 19.9 Å². The number of nitrogen functional groups attached to an aromatic ring is 1. The summed E-state index contributed by atoms with van der Waals surface area (Å²) in [6.07, 6.45) is 5.55. The minimum atomic E-state index is -0.324. The maximum absolute atomic E-state index is 13.4. The summed E-state index contributed by atoms with van der Waals surface area (Å²) in [4.78, 5) is 25.4. The van der Waals surface area contributed by atoms with Crippen molar-refractivity contribution in [1.82, 2.24) is 15.3 Å². The number of amides is 1. The summed E-state index contributed by atoms with van der Waals surface area (Å²) < 4.78 is 13.4. The van der Waals surface area contributed by atoms with Crippen LogP contribution >= 0.6 is 0 Å². The highest BCUT2D eigenvalue weighted by molar-refractivity contribution is 5.96. The van der Waals surface area contributed by atoms with Crippen molar-refractivity contribution in [3.63, 3.8) is 0 Å². The molecule has 0 fully saturated rings. The van der Waals surface area contributed by atoms with E-state index in [-0.39, 0.29) is 11.7 Å². The Morgan fingerprint density at radius 1 is 1.28 bits per heavy atom. The SMILES string of the molecule is C=N/C(=C\C(=C/C)C(=O)NCc1c(C)cc(N)nc1C)Cc1cnc2cc(F)ccc2c1. The minimum absolute atomic E-state index is 0.226. The van der Waals surface area contributed by atoms with E-state index in [4.69, 9.17) is 5.73 Å². The summed E-state index contributed by atoms with van der Waals surface area (Å²) in [6, 6.07) is 8.20. The second-order valence-corrected chi connectivity index (χ2v) is 7.51. The fourth-order valence-corrected chi connectivity index (χ4v) is 3.48. The van der Waals surface area contributed by atoms with Gasteiger partial charge >= 0.3 is 0 Å². The first-order valence-electron chi connectivity index (χ1n) is 10.2. The van der Waals surface area contributed by atoms with Gasteiger partial charge in [0.25, 0.3) is 5.91 Å². The Morgan fingerprint density at radius 3 is 2.75 bits per heavy atom. The number of halogens is 1. The van der Waals surface area contributed by atoms with Crippen LogP contribution in [0.3, 0.4) is 0 Å². The third-order valence-corrected chi connectivity index (χ3v) is 5.19. The van der Waals surface area contributed by atoms with Crippen LogP contribution in [0.4, 0.5) is 10.2 Å². The molecule has 1 aromatic carbocycles. The number of pyridine rings is 2. The molecule has 3 N–H and O–H groups in total. The van der Waals surface area contributed by atoms with Crippen molar-refractivity contribution in [3.05, 3.63) is 88.2 Å². The normalized spacial score (nSPS) is 12.1. The summed E-state index contributed by atoms with van der Waals surface area (Å²) >= 11 is 0. The van der Waals surface area contributed by atoms with Gasteiger partial charge in [0.05, 0.1) is 5.52 Å². The zero-order chi connectivity index (χ0) is 23.3. The lowest BCUT2D eigenvalue weighted by Gasteiger charge is -2.12. The maximum atomic E-state index is 13.4. The Hall–Kier alpha value is -3.87. The number of nitrogens with two attached hydrogens (primary N) is 1. The molecule has 0 saturated heterocycles. The third kappa shape index (κ3) is 5.43. The summed E-state index contributed by atoms with van der Waals surface area (Å²) in [5.41, 5.74) is 11.0. The first-order valence-corrected chi connectivity index (χ1v) is 10.2. The number of allylic oxidation sites excluding steroid dienone is 2. The second kappa shape index (κ2) is 9.96. The Morgan fingerprint density at radius 2 is 2.06 bits per heavy atom. The molecule has 164 valence electrons. The van der Waals surface area contributed by atoms with Crippen LogP contribution in [0.15, 0.2) is 64.9 Å². The van der Waals surface area contributed by atoms with Crippen LogP contribution in [0, 0.1) is 19.7 Å². The van der Waals surface area contributed by atoms with Crippen LogP contribution in [0.5, 0.6) is 0 Å². The molecule has 0 atom stereocenters. The number of aliphatic imine (C=N–C) groups is 1. The summed E-state index contributed by atoms with van der Waals surface area (Å²) in [6.45, 7) is 9.58. The predicted octanol–water partition coefficient (Wildman–Crippen LogP) is 4.36. The summed E-state index contributed by atoms with van der Waals surface area (Å²) in [5, 5.41) is 3.76. The van der Waals surface area contributed by atoms with Gasteiger partial charge in [-0.3, -0.25) is 14.8 Å². The lowest BCUT2D eigenvalue weighted by Crippen LogP contribution is -2.25. The lowest BCUT2D eigenvalue weighted by molar-refractivity contribution is -0.117. The lowest BCUT2D eigenvalue weighted by atomic mass is 10.1. The highest BCUT2D eigenvalue weighted by atomic mass is 19.1. The Bertz CT molecular complexity index is 1220. The molecular formula is C25H26FN5O. The van der Waals surface area contributed by atoms with E-state index in [2.05, 4.69) is 27.0 Å². The number of nitrogens with zero attached hydrogens (tertiary/aromatic N) is 3. The van der Waals surface area contributed by atoms with E-state index in [0.29, 0.717) is 35.6 Å². The van der Waals surface area contributed by atoms with E-state index in [1.54, 1.807) is 37.4 Å². The number of nitrogens with one attached hydrogen (secondary N) is 1. The number of carbonyl (C=O) groups excluding carboxylic acids is 1. The van der Waals surface area contributed by atoms with Crippen molar-refractivity contribution in [1.29, 1.82) is 0 Å². The zero-order valence-corrected chi connectivity index (χ0v) is 18.4. The van der Waals surface area contributed by atoms with Crippen molar-refractivity contribution in [2.45, 2.75) is 33.7 Å². The average Bonchev–Trinajstić information content (AvgIpc) is 2.75. The number of anilines is 1. The molecule has 0 aliphatic rings. The van der Waals surface area contributed by atoms with Gasteiger partial charge in [-0.05, 0) is 74.5 Å². The Kier molecular flexibility index (Phi) is 7.10. The second-order valence-electron chi connectivity index (χ2n) is 7.51. The summed E-state index contributed by atoms with van der Waals surface area (Å²) in [7, 11) is 0. The molecule has 3 rings (SSSR count). The van der Waals surface area contributed by atoms with Gasteiger partial charge in [-0.15, -0.1) is 0 Å². The zero-order valence-electron chi connectivity index (χ0n) is 18.4. The molecule has 3 aromatic rings. The molecule has 0 spiro atoms. The Balaban J connectivity index is 1.74. The van der Waals surface area contributed by atoms with Gasteiger partial charge in [-0.25, -0.2) is 9.37 Å². The van der Waals surface area contributed by atoms with Crippen LogP contribution in [-0.4, -0.2) is 22.6 Å². The maximum Gasteiger partial charge on any atom is 0.251 e. The van der Waals surface area contributed by atoms with E-state index in [1.165, 1.54) is 12.1 Å². The van der Waals surface area contributed by atoms with Crippen LogP contribution in [-0.2, 0) is 17.8 Å². The molecule has 0 aliphatic heterocycles. The van der Waals surface area contributed by atoms with Crippen LogP contribution < -0.4 is 11.1 Å². The standard InChI is InChI=1S/C25H26FN5O/c1-5-18(25(32)30-14-22-15(2)8-24(27)31-16(22)3)11-21(28-4)10-17-9-19-6-7-20(26)12-23(19)29-13-17/h5-9,11-13H,4,10,14H2,1-3H3,(H2,27,31)(H,30,32)/b18-5+,21-11-. The van der Waals surface area contributed by atoms with E-state index in [0.717, 1.165) is 27.8 Å². The molecule has 0 bridgehead atoms. The Labute approximate surface area is 186 Å². The number of benzene rings is 1. The van der Waals surface area contributed by atoms with E-state index < -0.39 is 0 Å². The topological polar surface area (TPSA) is 93.3 Å². The van der Waals surface area contributed by atoms with E-state index in [9.17, 15) is 9.18 Å². The number of hydrogen-bond donors (Lipinski definition) is 2. The smallest absolute Gasteiger partial charge is 0.251 e. The molecular weight excluding hydrogens is 405 g/mol. The van der Waals surface area contributed by atoms with Gasteiger partial charge in [0, 0.05) is 47.6 Å². The molecule has 2 heterocycles. The average molecular weight is 432 g/mol. The first kappa shape index (κ1) is 22.8. The van der Waals surface area contributed by atoms with Gasteiger partial charge in [0.2, 0.25) is 0 Å². The van der Waals surface area contributed by atoms with Crippen LogP contribution in [0.1, 0.15) is 29.3 Å². The van der Waals surface area contributed by atoms with Crippen LogP contribution in [0.2, 0.25) is 0 Å². The molecule has 7 heteroatoms. The highest BCUT2D eigenvalue weighted by Crippen LogP contribution is 2.19. The molecule has 0 saturated carbocycles. The van der Waals surface area contributed by atoms with Gasteiger partial charge in [0.1, 0.15) is 11.6 Å². The molecule has 0 radical (unpaired) electrons. The number of hydrogen-bond acceptors (Lipinski definition) is 5. The monoisotopic (exact) mass is 431 g/mol. The first-order chi connectivity index (χ1) is 15.3. The summed E-state index contributed by atoms with van der Waals surface area (Å²) in [5.74, 6) is -0.0893. The van der Waals surface area contributed by atoms with Crippen molar-refractivity contribution >= 4 is 29.3 Å². The van der Waals surface area contributed by atoms with E-state index >= 15 is 0 Å². The number of rotatable bonds is 7. The fraction of sp³-hybridized carbons (Fsp3) is 0.200. The van der Waals surface area contributed by atoms with Crippen molar-refractivity contribution in [2.75, 3.05) is 5.73 Å². The molecule has 0 unspecified atom stereocenters. The van der Waals surface area contributed by atoms with Gasteiger partial charge in [-0.1, -0.05) is 6.08 Å². The number of aryl methyl sites for hydroxylation is 2. The molecule has 32 heavy (non-hydrogen) atoms. The molecule has 2 aromatic heterocycles. The molecule has 1 amide bonds. The van der Waals surface area contributed by atoms with Crippen molar-refractivity contribution in [3.8, 4) is 0 Å². The van der Waals surface area contributed by atoms with Crippen molar-refractivity contribution < 1.29 is 9.18 Å². The van der Waals surface area contributed by atoms with Crippen molar-refractivity contribution in [2.24, 2.45) is 4.99 Å². The molecule has 0 aliphatic carbocycles. The van der Waals surface area contributed by atoms with Gasteiger partial charge in [0.15, 0.2) is 0 Å². The highest BCUT2D eigenvalue weighted by Gasteiger charge is 2.11. The van der Waals surface area contributed by atoms with Gasteiger partial charge < -0.3 is 11.1 Å². The number of carbonyl (C=O) groups is 1. The fourth-order valence-electron chi connectivity index (χ4n) is 3.48. The number of aromatic nitrogens is 2.